The maximum atomic E-state index is 13.2. The second-order valence-corrected chi connectivity index (χ2v) is 7.40. The summed E-state index contributed by atoms with van der Waals surface area (Å²) >= 11 is 0. The van der Waals surface area contributed by atoms with Gasteiger partial charge in [-0.2, -0.15) is 0 Å². The van der Waals surface area contributed by atoms with Crippen LogP contribution in [-0.4, -0.2) is 25.6 Å². The molecule has 0 unspecified atom stereocenters. The van der Waals surface area contributed by atoms with Crippen LogP contribution in [-0.2, 0) is 19.4 Å². The van der Waals surface area contributed by atoms with Crippen molar-refractivity contribution >= 4 is 16.7 Å². The molecule has 6 heteroatoms. The van der Waals surface area contributed by atoms with Crippen molar-refractivity contribution in [1.82, 2.24) is 19.5 Å². The third kappa shape index (κ3) is 3.16. The second-order valence-electron chi connectivity index (χ2n) is 7.40. The Hall–Kier alpha value is -3.54. The minimum absolute atomic E-state index is 0.0506. The fourth-order valence-electron chi connectivity index (χ4n) is 4.13. The summed E-state index contributed by atoms with van der Waals surface area (Å²) in [5.41, 5.74) is 5.59. The third-order valence-electron chi connectivity index (χ3n) is 5.55. The first-order valence-corrected chi connectivity index (χ1v) is 9.85. The Balaban J connectivity index is 1.54. The van der Waals surface area contributed by atoms with E-state index in [0.717, 1.165) is 25.1 Å². The van der Waals surface area contributed by atoms with Crippen LogP contribution in [0.4, 0.5) is 5.69 Å². The highest BCUT2D eigenvalue weighted by atomic mass is 16.1. The van der Waals surface area contributed by atoms with Crippen LogP contribution in [0.25, 0.3) is 22.2 Å². The predicted molar refractivity (Wildman–Crippen MR) is 114 cm³/mol. The first kappa shape index (κ1) is 17.6. The Morgan fingerprint density at radius 2 is 1.83 bits per heavy atom. The number of rotatable bonds is 4. The zero-order chi connectivity index (χ0) is 19.8. The topological polar surface area (TPSA) is 72.7 Å². The minimum atomic E-state index is -0.0506. The van der Waals surface area contributed by atoms with Crippen LogP contribution in [0.2, 0.25) is 0 Å². The first-order chi connectivity index (χ1) is 14.2. The summed E-state index contributed by atoms with van der Waals surface area (Å²) in [5, 5.41) is 4.17. The molecule has 3 heterocycles. The highest BCUT2D eigenvalue weighted by Gasteiger charge is 2.21. The maximum absolute atomic E-state index is 13.2. The summed E-state index contributed by atoms with van der Waals surface area (Å²) in [7, 11) is 0. The van der Waals surface area contributed by atoms with Gasteiger partial charge in [0.2, 0.25) is 0 Å². The van der Waals surface area contributed by atoms with Crippen molar-refractivity contribution in [2.24, 2.45) is 0 Å². The van der Waals surface area contributed by atoms with Gasteiger partial charge in [-0.3, -0.25) is 4.79 Å². The van der Waals surface area contributed by atoms with Gasteiger partial charge in [0.1, 0.15) is 12.0 Å². The van der Waals surface area contributed by atoms with Crippen molar-refractivity contribution in [2.75, 3.05) is 5.32 Å². The maximum Gasteiger partial charge on any atom is 0.199 e. The number of anilines is 1. The highest BCUT2D eigenvalue weighted by Crippen LogP contribution is 2.25. The lowest BCUT2D eigenvalue weighted by atomic mass is 10.1. The SMILES string of the molecule is CCn1cc(-c2cncnc2)c(=O)c2cc(NC3Cc4ccccc4C3)cnc21. The molecule has 0 bridgehead atoms. The number of nitrogens with zero attached hydrogens (tertiary/aromatic N) is 4. The van der Waals surface area contributed by atoms with Gasteiger partial charge in [-0.1, -0.05) is 24.3 Å². The Morgan fingerprint density at radius 3 is 2.52 bits per heavy atom. The number of fused-ring (bicyclic) bond motifs is 2. The Bertz CT molecular complexity index is 1220. The Morgan fingerprint density at radius 1 is 1.10 bits per heavy atom. The van der Waals surface area contributed by atoms with E-state index in [1.165, 1.54) is 17.5 Å². The summed E-state index contributed by atoms with van der Waals surface area (Å²) in [6.45, 7) is 2.76. The summed E-state index contributed by atoms with van der Waals surface area (Å²) in [5.74, 6) is 0. The highest BCUT2D eigenvalue weighted by molar-refractivity contribution is 5.83. The number of hydrogen-bond donors (Lipinski definition) is 1. The van der Waals surface area contributed by atoms with Crippen LogP contribution in [0.5, 0.6) is 0 Å². The van der Waals surface area contributed by atoms with Gasteiger partial charge >= 0.3 is 0 Å². The molecule has 0 aliphatic heterocycles. The minimum Gasteiger partial charge on any atom is -0.380 e. The van der Waals surface area contributed by atoms with Gasteiger partial charge in [-0.25, -0.2) is 15.0 Å². The summed E-state index contributed by atoms with van der Waals surface area (Å²) in [4.78, 5) is 25.9. The van der Waals surface area contributed by atoms with E-state index in [1.54, 1.807) is 12.4 Å². The molecule has 1 N–H and O–H groups in total. The zero-order valence-corrected chi connectivity index (χ0v) is 16.2. The molecule has 0 amide bonds. The van der Waals surface area contributed by atoms with Crippen LogP contribution < -0.4 is 10.7 Å². The molecular weight excluding hydrogens is 362 g/mol. The molecule has 1 aliphatic carbocycles. The van der Waals surface area contributed by atoms with Crippen LogP contribution in [0.1, 0.15) is 18.1 Å². The van der Waals surface area contributed by atoms with Gasteiger partial charge in [0.05, 0.1) is 17.3 Å². The molecule has 144 valence electrons. The van der Waals surface area contributed by atoms with Gasteiger partial charge in [0, 0.05) is 42.3 Å². The molecule has 29 heavy (non-hydrogen) atoms. The third-order valence-corrected chi connectivity index (χ3v) is 5.55. The molecule has 0 radical (unpaired) electrons. The van der Waals surface area contributed by atoms with Gasteiger partial charge in [-0.05, 0) is 37.0 Å². The summed E-state index contributed by atoms with van der Waals surface area (Å²) in [6.07, 6.45) is 10.4. The zero-order valence-electron chi connectivity index (χ0n) is 16.2. The van der Waals surface area contributed by atoms with Crippen molar-refractivity contribution in [3.8, 4) is 11.1 Å². The van der Waals surface area contributed by atoms with Crippen molar-refractivity contribution in [3.63, 3.8) is 0 Å². The lowest BCUT2D eigenvalue weighted by molar-refractivity contribution is 0.769. The average Bonchev–Trinajstić information content (AvgIpc) is 3.17. The Kier molecular flexibility index (Phi) is 4.31. The number of aromatic nitrogens is 4. The molecular formula is C23H21N5O. The molecule has 0 saturated carbocycles. The number of aryl methyl sites for hydroxylation is 1. The summed E-state index contributed by atoms with van der Waals surface area (Å²) in [6, 6.07) is 10.8. The van der Waals surface area contributed by atoms with E-state index in [1.807, 2.05) is 30.0 Å². The van der Waals surface area contributed by atoms with Gasteiger partial charge in [0.25, 0.3) is 0 Å². The van der Waals surface area contributed by atoms with Crippen molar-refractivity contribution < 1.29 is 0 Å². The smallest absolute Gasteiger partial charge is 0.199 e. The average molecular weight is 383 g/mol. The lowest BCUT2D eigenvalue weighted by Crippen LogP contribution is -2.20. The molecule has 1 aromatic carbocycles. The van der Waals surface area contributed by atoms with Gasteiger partial charge in [-0.15, -0.1) is 0 Å². The molecule has 6 nitrogen and oxygen atoms in total. The van der Waals surface area contributed by atoms with Crippen LogP contribution in [0.3, 0.4) is 0 Å². The fourth-order valence-corrected chi connectivity index (χ4v) is 4.13. The Labute approximate surface area is 168 Å². The molecule has 0 saturated heterocycles. The van der Waals surface area contributed by atoms with E-state index in [9.17, 15) is 4.79 Å². The fraction of sp³-hybridized carbons (Fsp3) is 0.217. The molecule has 5 rings (SSSR count). The second kappa shape index (κ2) is 7.13. The molecule has 3 aromatic heterocycles. The molecule has 4 aromatic rings. The standard InChI is InChI=1S/C23H21N5O/c1-2-28-13-21(17-10-24-14-25-11-17)22(29)20-9-19(12-26-23(20)28)27-18-7-15-5-3-4-6-16(15)8-18/h3-6,9-14,18,27H,2,7-8H2,1H3. The van der Waals surface area contributed by atoms with Crippen molar-refractivity contribution in [3.05, 3.63) is 82.8 Å². The van der Waals surface area contributed by atoms with Crippen LogP contribution in [0.15, 0.2) is 66.2 Å². The van der Waals surface area contributed by atoms with Crippen LogP contribution >= 0.6 is 0 Å². The van der Waals surface area contributed by atoms with E-state index in [0.29, 0.717) is 28.2 Å². The molecule has 0 atom stereocenters. The predicted octanol–water partition coefficient (Wildman–Crippen LogP) is 3.45. The van der Waals surface area contributed by atoms with E-state index < -0.39 is 0 Å². The number of benzene rings is 1. The van der Waals surface area contributed by atoms with Gasteiger partial charge in [0.15, 0.2) is 5.43 Å². The molecule has 1 aliphatic rings. The lowest BCUT2D eigenvalue weighted by Gasteiger charge is -2.15. The monoisotopic (exact) mass is 383 g/mol. The number of nitrogens with one attached hydrogen (secondary N) is 1. The van der Waals surface area contributed by atoms with E-state index in [4.69, 9.17) is 0 Å². The largest absolute Gasteiger partial charge is 0.380 e. The number of hydrogen-bond acceptors (Lipinski definition) is 5. The van der Waals surface area contributed by atoms with E-state index in [-0.39, 0.29) is 5.43 Å². The summed E-state index contributed by atoms with van der Waals surface area (Å²) < 4.78 is 1.99. The van der Waals surface area contributed by atoms with E-state index in [2.05, 4.69) is 44.5 Å². The molecule has 0 fully saturated rings. The quantitative estimate of drug-likeness (QED) is 0.584. The number of pyridine rings is 2. The van der Waals surface area contributed by atoms with Crippen LogP contribution in [0, 0.1) is 0 Å². The van der Waals surface area contributed by atoms with Crippen molar-refractivity contribution in [1.29, 1.82) is 0 Å². The van der Waals surface area contributed by atoms with Crippen molar-refractivity contribution in [2.45, 2.75) is 32.4 Å². The normalized spacial score (nSPS) is 13.6. The molecule has 0 spiro atoms. The van der Waals surface area contributed by atoms with E-state index >= 15 is 0 Å². The first-order valence-electron chi connectivity index (χ1n) is 9.85. The van der Waals surface area contributed by atoms with Gasteiger partial charge < -0.3 is 9.88 Å².